The monoisotopic (exact) mass is 353 g/mol. The SMILES string of the molecule is CCC(C(=O)NC(C)c1cnn(C)c1C)n1cc(Br)cn1. The Hall–Kier alpha value is -1.63. The maximum Gasteiger partial charge on any atom is 0.245 e. The molecule has 0 radical (unpaired) electrons. The second-order valence-corrected chi connectivity index (χ2v) is 6.02. The van der Waals surface area contributed by atoms with Crippen molar-refractivity contribution in [1.29, 1.82) is 0 Å². The number of carbonyl (C=O) groups excluding carboxylic acids is 1. The van der Waals surface area contributed by atoms with Crippen LogP contribution in [-0.4, -0.2) is 25.5 Å². The number of carbonyl (C=O) groups is 1. The van der Waals surface area contributed by atoms with E-state index in [2.05, 4.69) is 31.4 Å². The molecule has 0 aromatic carbocycles. The van der Waals surface area contributed by atoms with E-state index in [1.165, 1.54) is 0 Å². The van der Waals surface area contributed by atoms with Crippen molar-refractivity contribution in [2.75, 3.05) is 0 Å². The maximum atomic E-state index is 12.5. The van der Waals surface area contributed by atoms with Crippen LogP contribution >= 0.6 is 15.9 Å². The van der Waals surface area contributed by atoms with Gasteiger partial charge in [0.05, 0.1) is 22.9 Å². The minimum Gasteiger partial charge on any atom is -0.348 e. The molecule has 114 valence electrons. The third-order valence-corrected chi connectivity index (χ3v) is 4.09. The number of halogens is 1. The van der Waals surface area contributed by atoms with E-state index >= 15 is 0 Å². The molecule has 0 aliphatic heterocycles. The van der Waals surface area contributed by atoms with Gasteiger partial charge < -0.3 is 5.32 Å². The first-order valence-electron chi connectivity index (χ1n) is 6.92. The van der Waals surface area contributed by atoms with Gasteiger partial charge in [-0.3, -0.25) is 14.2 Å². The molecule has 2 heterocycles. The second-order valence-electron chi connectivity index (χ2n) is 5.10. The third kappa shape index (κ3) is 3.34. The van der Waals surface area contributed by atoms with Gasteiger partial charge in [0.15, 0.2) is 0 Å². The van der Waals surface area contributed by atoms with Gasteiger partial charge in [-0.05, 0) is 36.2 Å². The summed E-state index contributed by atoms with van der Waals surface area (Å²) in [5.74, 6) is -0.0381. The number of hydrogen-bond acceptors (Lipinski definition) is 3. The van der Waals surface area contributed by atoms with Crippen molar-refractivity contribution in [3.05, 3.63) is 34.3 Å². The predicted octanol–water partition coefficient (Wildman–Crippen LogP) is 2.52. The summed E-state index contributed by atoms with van der Waals surface area (Å²) in [5, 5.41) is 11.5. The zero-order valence-corrected chi connectivity index (χ0v) is 14.3. The smallest absolute Gasteiger partial charge is 0.245 e. The summed E-state index contributed by atoms with van der Waals surface area (Å²) in [7, 11) is 1.89. The number of nitrogens with one attached hydrogen (secondary N) is 1. The Morgan fingerprint density at radius 1 is 1.43 bits per heavy atom. The van der Waals surface area contributed by atoms with Crippen LogP contribution in [0.25, 0.3) is 0 Å². The fraction of sp³-hybridized carbons (Fsp3) is 0.500. The first kappa shape index (κ1) is 15.8. The van der Waals surface area contributed by atoms with E-state index < -0.39 is 0 Å². The molecule has 2 atom stereocenters. The van der Waals surface area contributed by atoms with Crippen molar-refractivity contribution in [2.24, 2.45) is 7.05 Å². The minimum absolute atomic E-state index is 0.0381. The summed E-state index contributed by atoms with van der Waals surface area (Å²) >= 11 is 3.35. The van der Waals surface area contributed by atoms with Crippen molar-refractivity contribution in [2.45, 2.75) is 39.3 Å². The highest BCUT2D eigenvalue weighted by Gasteiger charge is 2.22. The maximum absolute atomic E-state index is 12.5. The van der Waals surface area contributed by atoms with Crippen LogP contribution < -0.4 is 5.32 Å². The van der Waals surface area contributed by atoms with Crippen LogP contribution in [0, 0.1) is 6.92 Å². The van der Waals surface area contributed by atoms with E-state index in [9.17, 15) is 4.79 Å². The van der Waals surface area contributed by atoms with E-state index in [1.807, 2.05) is 34.0 Å². The molecule has 0 fully saturated rings. The molecule has 0 saturated carbocycles. The molecule has 0 spiro atoms. The van der Waals surface area contributed by atoms with Gasteiger partial charge in [0, 0.05) is 24.5 Å². The highest BCUT2D eigenvalue weighted by atomic mass is 79.9. The van der Waals surface area contributed by atoms with Crippen LogP contribution in [0.2, 0.25) is 0 Å². The Morgan fingerprint density at radius 2 is 2.14 bits per heavy atom. The lowest BCUT2D eigenvalue weighted by Crippen LogP contribution is -2.34. The standard InChI is InChI=1S/C14H20BrN5O/c1-5-13(20-8-11(15)6-17-20)14(21)18-9(2)12-7-16-19(4)10(12)3/h6-9,13H,5H2,1-4H3,(H,18,21). The van der Waals surface area contributed by atoms with Gasteiger partial charge in [-0.15, -0.1) is 0 Å². The Balaban J connectivity index is 2.11. The van der Waals surface area contributed by atoms with E-state index in [4.69, 9.17) is 0 Å². The number of amides is 1. The summed E-state index contributed by atoms with van der Waals surface area (Å²) in [6.45, 7) is 5.93. The summed E-state index contributed by atoms with van der Waals surface area (Å²) in [6, 6.07) is -0.394. The topological polar surface area (TPSA) is 64.7 Å². The Kier molecular flexibility index (Phi) is 4.82. The summed E-state index contributed by atoms with van der Waals surface area (Å²) in [5.41, 5.74) is 2.08. The lowest BCUT2D eigenvalue weighted by atomic mass is 10.1. The molecule has 2 rings (SSSR count). The lowest BCUT2D eigenvalue weighted by Gasteiger charge is -2.19. The zero-order valence-electron chi connectivity index (χ0n) is 12.7. The summed E-state index contributed by atoms with van der Waals surface area (Å²) in [4.78, 5) is 12.5. The number of aromatic nitrogens is 4. The highest BCUT2D eigenvalue weighted by Crippen LogP contribution is 2.19. The van der Waals surface area contributed by atoms with E-state index in [0.29, 0.717) is 6.42 Å². The van der Waals surface area contributed by atoms with Crippen LogP contribution in [0.3, 0.4) is 0 Å². The predicted molar refractivity (Wildman–Crippen MR) is 83.8 cm³/mol. The fourth-order valence-electron chi connectivity index (χ4n) is 2.31. The van der Waals surface area contributed by atoms with Gasteiger partial charge in [0.25, 0.3) is 0 Å². The van der Waals surface area contributed by atoms with Gasteiger partial charge in [-0.25, -0.2) is 0 Å². The molecule has 0 bridgehead atoms. The molecule has 0 aliphatic carbocycles. The van der Waals surface area contributed by atoms with Crippen LogP contribution in [0.1, 0.15) is 43.6 Å². The molecule has 7 heteroatoms. The van der Waals surface area contributed by atoms with Gasteiger partial charge in [0.2, 0.25) is 5.91 Å². The molecular formula is C14H20BrN5O. The van der Waals surface area contributed by atoms with Crippen molar-refractivity contribution < 1.29 is 4.79 Å². The number of nitrogens with zero attached hydrogens (tertiary/aromatic N) is 4. The van der Waals surface area contributed by atoms with E-state index in [-0.39, 0.29) is 18.0 Å². The van der Waals surface area contributed by atoms with E-state index in [1.54, 1.807) is 21.8 Å². The second kappa shape index (κ2) is 6.43. The Morgan fingerprint density at radius 3 is 2.62 bits per heavy atom. The molecule has 0 saturated heterocycles. The normalized spacial score (nSPS) is 14.0. The van der Waals surface area contributed by atoms with Crippen LogP contribution in [0.15, 0.2) is 23.1 Å². The van der Waals surface area contributed by atoms with Crippen molar-refractivity contribution in [3.8, 4) is 0 Å². The first-order chi connectivity index (χ1) is 9.93. The van der Waals surface area contributed by atoms with Gasteiger partial charge >= 0.3 is 0 Å². The zero-order chi connectivity index (χ0) is 15.6. The van der Waals surface area contributed by atoms with Gasteiger partial charge in [-0.2, -0.15) is 10.2 Å². The van der Waals surface area contributed by atoms with Crippen LogP contribution in [-0.2, 0) is 11.8 Å². The van der Waals surface area contributed by atoms with E-state index in [0.717, 1.165) is 15.7 Å². The number of hydrogen-bond donors (Lipinski definition) is 1. The first-order valence-corrected chi connectivity index (χ1v) is 7.71. The van der Waals surface area contributed by atoms with Gasteiger partial charge in [0.1, 0.15) is 6.04 Å². The third-order valence-electron chi connectivity index (χ3n) is 3.68. The molecule has 21 heavy (non-hydrogen) atoms. The van der Waals surface area contributed by atoms with Crippen molar-refractivity contribution in [1.82, 2.24) is 24.9 Å². The summed E-state index contributed by atoms with van der Waals surface area (Å²) < 4.78 is 4.35. The van der Waals surface area contributed by atoms with Crippen molar-refractivity contribution >= 4 is 21.8 Å². The molecular weight excluding hydrogens is 334 g/mol. The quantitative estimate of drug-likeness (QED) is 0.897. The minimum atomic E-state index is -0.310. The number of rotatable bonds is 5. The molecule has 1 amide bonds. The molecule has 2 unspecified atom stereocenters. The lowest BCUT2D eigenvalue weighted by molar-refractivity contribution is -0.125. The van der Waals surface area contributed by atoms with Gasteiger partial charge in [-0.1, -0.05) is 6.92 Å². The molecule has 6 nitrogen and oxygen atoms in total. The average Bonchev–Trinajstić information content (AvgIpc) is 2.98. The summed E-state index contributed by atoms with van der Waals surface area (Å²) in [6.07, 6.45) is 5.97. The fourth-order valence-corrected chi connectivity index (χ4v) is 2.61. The number of aryl methyl sites for hydroxylation is 1. The average molecular weight is 354 g/mol. The highest BCUT2D eigenvalue weighted by molar-refractivity contribution is 9.10. The van der Waals surface area contributed by atoms with Crippen LogP contribution in [0.4, 0.5) is 0 Å². The molecule has 2 aromatic rings. The van der Waals surface area contributed by atoms with Crippen molar-refractivity contribution in [3.63, 3.8) is 0 Å². The molecule has 2 aromatic heterocycles. The largest absolute Gasteiger partial charge is 0.348 e. The molecule has 0 aliphatic rings. The Labute approximate surface area is 132 Å². The van der Waals surface area contributed by atoms with Crippen LogP contribution in [0.5, 0.6) is 0 Å². The Bertz CT molecular complexity index is 633. The molecule has 1 N–H and O–H groups in total.